The number of carbonyl (C=O) groups is 1. The van der Waals surface area contributed by atoms with Crippen LogP contribution in [0.15, 0.2) is 12.2 Å². The summed E-state index contributed by atoms with van der Waals surface area (Å²) < 4.78 is 5.44. The Kier molecular flexibility index (Phi) is 33.7. The molecule has 0 spiro atoms. The van der Waals surface area contributed by atoms with Crippen LogP contribution in [0.4, 0.5) is 0 Å². The summed E-state index contributed by atoms with van der Waals surface area (Å²) in [5, 5.41) is 0. The van der Waals surface area contributed by atoms with Crippen molar-refractivity contribution in [2.24, 2.45) is 5.92 Å². The molecule has 1 atom stereocenters. The van der Waals surface area contributed by atoms with Crippen molar-refractivity contribution in [1.82, 2.24) is 0 Å². The zero-order chi connectivity index (χ0) is 29.2. The molecule has 0 aliphatic rings. The van der Waals surface area contributed by atoms with E-state index in [1.807, 2.05) is 0 Å². The summed E-state index contributed by atoms with van der Waals surface area (Å²) >= 11 is 0. The van der Waals surface area contributed by atoms with Gasteiger partial charge < -0.3 is 4.74 Å². The number of hydrogen-bond donors (Lipinski definition) is 0. The molecule has 0 fully saturated rings. The number of unbranched alkanes of at least 4 members (excludes halogenated alkanes) is 24. The van der Waals surface area contributed by atoms with E-state index in [0.717, 1.165) is 25.2 Å². The molecule has 2 nitrogen and oxygen atoms in total. The molecule has 0 N–H and O–H groups in total. The summed E-state index contributed by atoms with van der Waals surface area (Å²) in [4.78, 5) is 11.9. The molecule has 0 aromatic carbocycles. The highest BCUT2D eigenvalue weighted by molar-refractivity contribution is 5.69. The molecule has 2 heteroatoms. The highest BCUT2D eigenvalue weighted by Gasteiger charge is 2.03. The third kappa shape index (κ3) is 33.4. The van der Waals surface area contributed by atoms with Gasteiger partial charge in [0, 0.05) is 6.42 Å². The van der Waals surface area contributed by atoms with Gasteiger partial charge in [0.05, 0.1) is 6.61 Å². The van der Waals surface area contributed by atoms with Crippen LogP contribution in [0.5, 0.6) is 0 Å². The van der Waals surface area contributed by atoms with E-state index in [0.29, 0.717) is 13.0 Å². The number of hydrogen-bond acceptors (Lipinski definition) is 2. The van der Waals surface area contributed by atoms with Crippen molar-refractivity contribution in [2.75, 3.05) is 6.61 Å². The zero-order valence-corrected chi connectivity index (χ0v) is 28.0. The van der Waals surface area contributed by atoms with Crippen LogP contribution in [-0.2, 0) is 9.53 Å². The van der Waals surface area contributed by atoms with E-state index in [1.165, 1.54) is 167 Å². The standard InChI is InChI=1S/C38H74O2/c1-4-6-7-8-9-10-11-16-20-23-26-29-32-35-38(39)40-36-33-30-27-24-21-18-15-13-12-14-17-19-22-25-28-31-34-37(3)5-2/h10-11,37H,4-9,12-36H2,1-3H3/b11-10-. The molecule has 0 aliphatic carbocycles. The molecule has 0 saturated heterocycles. The van der Waals surface area contributed by atoms with Crippen LogP contribution in [-0.4, -0.2) is 12.6 Å². The van der Waals surface area contributed by atoms with E-state index in [1.54, 1.807) is 0 Å². The van der Waals surface area contributed by atoms with Gasteiger partial charge in [-0.25, -0.2) is 0 Å². The summed E-state index contributed by atoms with van der Waals surface area (Å²) in [7, 11) is 0. The van der Waals surface area contributed by atoms with Crippen LogP contribution < -0.4 is 0 Å². The van der Waals surface area contributed by atoms with Crippen LogP contribution >= 0.6 is 0 Å². The minimum Gasteiger partial charge on any atom is -0.466 e. The Balaban J connectivity index is 3.18. The SMILES string of the molecule is CCCCCC/C=C\CCCCCCCC(=O)OCCCCCCCCCCCCCCCCCCC(C)CC. The van der Waals surface area contributed by atoms with Crippen molar-refractivity contribution in [2.45, 2.75) is 213 Å². The van der Waals surface area contributed by atoms with E-state index in [4.69, 9.17) is 4.74 Å². The van der Waals surface area contributed by atoms with Gasteiger partial charge in [-0.1, -0.05) is 181 Å². The minimum absolute atomic E-state index is 0.0167. The van der Waals surface area contributed by atoms with Crippen molar-refractivity contribution in [3.8, 4) is 0 Å². The summed E-state index contributed by atoms with van der Waals surface area (Å²) in [6.07, 6.45) is 44.1. The fraction of sp³-hybridized carbons (Fsp3) is 0.921. The van der Waals surface area contributed by atoms with Crippen LogP contribution in [0, 0.1) is 5.92 Å². The second-order valence-electron chi connectivity index (χ2n) is 12.8. The predicted molar refractivity (Wildman–Crippen MR) is 179 cm³/mol. The van der Waals surface area contributed by atoms with Gasteiger partial charge in [-0.05, 0) is 44.4 Å². The molecule has 0 rings (SSSR count). The second-order valence-corrected chi connectivity index (χ2v) is 12.8. The monoisotopic (exact) mass is 563 g/mol. The first-order valence-electron chi connectivity index (χ1n) is 18.5. The first-order chi connectivity index (χ1) is 19.7. The van der Waals surface area contributed by atoms with Crippen molar-refractivity contribution < 1.29 is 9.53 Å². The summed E-state index contributed by atoms with van der Waals surface area (Å²) in [6.45, 7) is 7.60. The Morgan fingerprint density at radius 1 is 0.525 bits per heavy atom. The van der Waals surface area contributed by atoms with E-state index in [-0.39, 0.29) is 5.97 Å². The largest absolute Gasteiger partial charge is 0.466 e. The van der Waals surface area contributed by atoms with Crippen molar-refractivity contribution in [3.05, 3.63) is 12.2 Å². The first kappa shape index (κ1) is 39.2. The zero-order valence-electron chi connectivity index (χ0n) is 28.0. The van der Waals surface area contributed by atoms with Crippen molar-refractivity contribution >= 4 is 5.97 Å². The fourth-order valence-electron chi connectivity index (χ4n) is 5.52. The molecular weight excluding hydrogens is 488 g/mol. The maximum atomic E-state index is 11.9. The topological polar surface area (TPSA) is 26.3 Å². The number of rotatable bonds is 33. The van der Waals surface area contributed by atoms with Gasteiger partial charge in [0.1, 0.15) is 0 Å². The Bertz CT molecular complexity index is 512. The van der Waals surface area contributed by atoms with E-state index in [9.17, 15) is 4.79 Å². The molecule has 0 aliphatic heterocycles. The van der Waals surface area contributed by atoms with E-state index < -0.39 is 0 Å². The fourth-order valence-corrected chi connectivity index (χ4v) is 5.52. The Labute approximate surface area is 253 Å². The third-order valence-corrected chi connectivity index (χ3v) is 8.69. The molecule has 1 unspecified atom stereocenters. The molecule has 0 amide bonds. The van der Waals surface area contributed by atoms with Crippen molar-refractivity contribution in [3.63, 3.8) is 0 Å². The lowest BCUT2D eigenvalue weighted by atomic mass is 9.99. The quantitative estimate of drug-likeness (QED) is 0.0451. The lowest BCUT2D eigenvalue weighted by molar-refractivity contribution is -0.143. The van der Waals surface area contributed by atoms with Crippen LogP contribution in [0.1, 0.15) is 213 Å². The molecule has 0 radical (unpaired) electrons. The van der Waals surface area contributed by atoms with Crippen LogP contribution in [0.25, 0.3) is 0 Å². The maximum Gasteiger partial charge on any atom is 0.305 e. The molecule has 0 saturated carbocycles. The van der Waals surface area contributed by atoms with Crippen molar-refractivity contribution in [1.29, 1.82) is 0 Å². The number of carbonyl (C=O) groups excluding carboxylic acids is 1. The third-order valence-electron chi connectivity index (χ3n) is 8.69. The van der Waals surface area contributed by atoms with Gasteiger partial charge in [0.2, 0.25) is 0 Å². The van der Waals surface area contributed by atoms with E-state index >= 15 is 0 Å². The van der Waals surface area contributed by atoms with Crippen LogP contribution in [0.3, 0.4) is 0 Å². The van der Waals surface area contributed by atoms with Gasteiger partial charge in [0.15, 0.2) is 0 Å². The molecule has 0 heterocycles. The summed E-state index contributed by atoms with van der Waals surface area (Å²) in [5.74, 6) is 0.946. The van der Waals surface area contributed by atoms with Gasteiger partial charge >= 0.3 is 5.97 Å². The highest BCUT2D eigenvalue weighted by Crippen LogP contribution is 2.16. The molecule has 0 bridgehead atoms. The molecule has 40 heavy (non-hydrogen) atoms. The number of ether oxygens (including phenoxy) is 1. The summed E-state index contributed by atoms with van der Waals surface area (Å²) in [6, 6.07) is 0. The normalized spacial score (nSPS) is 12.4. The smallest absolute Gasteiger partial charge is 0.305 e. The summed E-state index contributed by atoms with van der Waals surface area (Å²) in [5.41, 5.74) is 0. The second kappa shape index (κ2) is 34.4. The van der Waals surface area contributed by atoms with E-state index in [2.05, 4.69) is 32.9 Å². The van der Waals surface area contributed by atoms with Gasteiger partial charge in [0.25, 0.3) is 0 Å². The predicted octanol–water partition coefficient (Wildman–Crippen LogP) is 13.5. The number of esters is 1. The molecule has 238 valence electrons. The molecular formula is C38H74O2. The Morgan fingerprint density at radius 3 is 1.40 bits per heavy atom. The minimum atomic E-state index is 0.0167. The highest BCUT2D eigenvalue weighted by atomic mass is 16.5. The molecule has 0 aromatic rings. The van der Waals surface area contributed by atoms with Gasteiger partial charge in [-0.2, -0.15) is 0 Å². The average molecular weight is 563 g/mol. The van der Waals surface area contributed by atoms with Gasteiger partial charge in [-0.3, -0.25) is 4.79 Å². The molecule has 0 aromatic heterocycles. The lowest BCUT2D eigenvalue weighted by Gasteiger charge is -2.07. The van der Waals surface area contributed by atoms with Gasteiger partial charge in [-0.15, -0.1) is 0 Å². The lowest BCUT2D eigenvalue weighted by Crippen LogP contribution is -2.05. The Morgan fingerprint density at radius 2 is 0.925 bits per heavy atom. The number of allylic oxidation sites excluding steroid dienone is 2. The first-order valence-corrected chi connectivity index (χ1v) is 18.5. The average Bonchev–Trinajstić information content (AvgIpc) is 2.96. The van der Waals surface area contributed by atoms with Crippen LogP contribution in [0.2, 0.25) is 0 Å². The Hall–Kier alpha value is -0.790. The maximum absolute atomic E-state index is 11.9.